The number of rotatable bonds is 4. The van der Waals surface area contributed by atoms with Gasteiger partial charge in [0.2, 0.25) is 5.95 Å². The second-order valence-electron chi connectivity index (χ2n) is 8.00. The van der Waals surface area contributed by atoms with Crippen molar-refractivity contribution in [2.45, 2.75) is 26.8 Å². The smallest absolute Gasteiger partial charge is 0.255 e. The van der Waals surface area contributed by atoms with Crippen LogP contribution in [-0.2, 0) is 13.0 Å². The van der Waals surface area contributed by atoms with Gasteiger partial charge in [0.15, 0.2) is 0 Å². The van der Waals surface area contributed by atoms with Gasteiger partial charge in [0.25, 0.3) is 5.56 Å². The average molecular weight is 430 g/mol. The maximum atomic E-state index is 12.9. The lowest BCUT2D eigenvalue weighted by Gasteiger charge is -2.40. The second-order valence-corrected chi connectivity index (χ2v) is 8.81. The Hall–Kier alpha value is -2.44. The summed E-state index contributed by atoms with van der Waals surface area (Å²) in [6, 6.07) is 8.80. The van der Waals surface area contributed by atoms with E-state index in [9.17, 15) is 4.79 Å². The Morgan fingerprint density at radius 2 is 1.86 bits per heavy atom. The third kappa shape index (κ3) is 4.14. The van der Waals surface area contributed by atoms with Gasteiger partial charge in [-0.05, 0) is 30.2 Å². The lowest BCUT2D eigenvalue weighted by Crippen LogP contribution is -2.48. The molecular formula is C21H21Cl2N5O. The van der Waals surface area contributed by atoms with E-state index in [1.54, 1.807) is 16.8 Å². The average Bonchev–Trinajstić information content (AvgIpc) is 2.68. The maximum Gasteiger partial charge on any atom is 0.255 e. The number of hydrogen-bond acceptors (Lipinski definition) is 5. The summed E-state index contributed by atoms with van der Waals surface area (Å²) >= 11 is 12.7. The zero-order valence-electron chi connectivity index (χ0n) is 16.3. The molecule has 29 heavy (non-hydrogen) atoms. The van der Waals surface area contributed by atoms with Crippen molar-refractivity contribution in [3.05, 3.63) is 68.8 Å². The monoisotopic (exact) mass is 429 g/mol. The Morgan fingerprint density at radius 1 is 1.10 bits per heavy atom. The van der Waals surface area contributed by atoms with Gasteiger partial charge in [0.05, 0.1) is 11.4 Å². The Bertz CT molecular complexity index is 1080. The predicted octanol–water partition coefficient (Wildman–Crippen LogP) is 4.10. The summed E-state index contributed by atoms with van der Waals surface area (Å²) in [5, 5.41) is 1.29. The first-order valence-corrected chi connectivity index (χ1v) is 10.2. The molecule has 0 amide bonds. The third-order valence-electron chi connectivity index (χ3n) is 5.01. The van der Waals surface area contributed by atoms with Gasteiger partial charge in [-0.2, -0.15) is 0 Å². The second kappa shape index (κ2) is 7.76. The maximum absolute atomic E-state index is 12.9. The molecule has 0 N–H and O–H groups in total. The van der Waals surface area contributed by atoms with E-state index in [-0.39, 0.29) is 11.0 Å². The van der Waals surface area contributed by atoms with Crippen LogP contribution in [0.4, 0.5) is 5.95 Å². The van der Waals surface area contributed by atoms with E-state index in [4.69, 9.17) is 28.2 Å². The normalized spacial score (nSPS) is 15.2. The molecule has 1 aromatic carbocycles. The van der Waals surface area contributed by atoms with Crippen molar-refractivity contribution in [3.63, 3.8) is 0 Å². The molecule has 1 aliphatic heterocycles. The van der Waals surface area contributed by atoms with Gasteiger partial charge >= 0.3 is 0 Å². The molecule has 0 unspecified atom stereocenters. The van der Waals surface area contributed by atoms with Gasteiger partial charge in [0, 0.05) is 47.4 Å². The summed E-state index contributed by atoms with van der Waals surface area (Å²) in [6.45, 7) is 6.33. The summed E-state index contributed by atoms with van der Waals surface area (Å²) < 4.78 is 1.74. The summed E-state index contributed by atoms with van der Waals surface area (Å²) in [6.07, 6.45) is 3.75. The van der Waals surface area contributed by atoms with Crippen LogP contribution in [0, 0.1) is 5.41 Å². The number of halogens is 2. The highest BCUT2D eigenvalue weighted by atomic mass is 35.5. The fourth-order valence-corrected chi connectivity index (χ4v) is 4.31. The van der Waals surface area contributed by atoms with E-state index in [0.29, 0.717) is 46.9 Å². The molecule has 0 radical (unpaired) electrons. The molecular weight excluding hydrogens is 409 g/mol. The van der Waals surface area contributed by atoms with E-state index in [0.717, 1.165) is 12.1 Å². The van der Waals surface area contributed by atoms with Gasteiger partial charge in [-0.25, -0.2) is 15.0 Å². The Morgan fingerprint density at radius 3 is 2.55 bits per heavy atom. The number of hydrogen-bond donors (Lipinski definition) is 0. The Kier molecular flexibility index (Phi) is 5.32. The van der Waals surface area contributed by atoms with Crippen LogP contribution in [0.25, 0.3) is 11.4 Å². The van der Waals surface area contributed by atoms with E-state index in [2.05, 4.69) is 28.7 Å². The zero-order chi connectivity index (χ0) is 20.6. The molecule has 0 fully saturated rings. The number of aromatic nitrogens is 4. The molecule has 0 spiro atoms. The number of benzene rings is 1. The molecule has 4 rings (SSSR count). The molecule has 150 valence electrons. The summed E-state index contributed by atoms with van der Waals surface area (Å²) in [5.41, 5.74) is 1.92. The van der Waals surface area contributed by atoms with Crippen LogP contribution in [0.3, 0.4) is 0 Å². The molecule has 6 nitrogen and oxygen atoms in total. The minimum Gasteiger partial charge on any atom is -0.341 e. The number of anilines is 1. The first kappa shape index (κ1) is 19.9. The van der Waals surface area contributed by atoms with Crippen molar-refractivity contribution >= 4 is 29.2 Å². The molecule has 3 aromatic rings. The summed E-state index contributed by atoms with van der Waals surface area (Å²) in [7, 11) is 0. The highest BCUT2D eigenvalue weighted by Crippen LogP contribution is 2.31. The highest BCUT2D eigenvalue weighted by molar-refractivity contribution is 6.36. The summed E-state index contributed by atoms with van der Waals surface area (Å²) in [4.78, 5) is 28.0. The zero-order valence-corrected chi connectivity index (χ0v) is 17.8. The van der Waals surface area contributed by atoms with E-state index in [1.807, 2.05) is 18.2 Å². The van der Waals surface area contributed by atoms with E-state index >= 15 is 0 Å². The quantitative estimate of drug-likeness (QED) is 0.624. The molecule has 0 aliphatic carbocycles. The van der Waals surface area contributed by atoms with E-state index < -0.39 is 0 Å². The minimum absolute atomic E-state index is 0.0702. The molecule has 8 heteroatoms. The fourth-order valence-electron chi connectivity index (χ4n) is 3.72. The van der Waals surface area contributed by atoms with Gasteiger partial charge in [0.1, 0.15) is 6.33 Å². The molecule has 2 aromatic heterocycles. The van der Waals surface area contributed by atoms with Crippen LogP contribution in [-0.4, -0.2) is 32.6 Å². The Balaban J connectivity index is 1.72. The first-order valence-electron chi connectivity index (χ1n) is 9.40. The third-order valence-corrected chi connectivity index (χ3v) is 5.72. The van der Waals surface area contributed by atoms with Crippen LogP contribution in [0.5, 0.6) is 0 Å². The van der Waals surface area contributed by atoms with E-state index in [1.165, 1.54) is 12.4 Å². The topological polar surface area (TPSA) is 63.9 Å². The fraction of sp³-hybridized carbons (Fsp3) is 0.333. The standard InChI is InChI=1S/C21H21Cl2N5O/c1-21(2)11-27(9-7-14-15(22)4-3-5-16(14)23)20-26-18(10-19(29)28(20)12-21)17-6-8-24-13-25-17/h3-6,8,10,13H,7,9,11-12H2,1-2H3. The van der Waals surface area contributed by atoms with Crippen molar-refractivity contribution in [2.24, 2.45) is 5.41 Å². The van der Waals surface area contributed by atoms with Crippen LogP contribution >= 0.6 is 23.2 Å². The first-order chi connectivity index (χ1) is 13.8. The lowest BCUT2D eigenvalue weighted by atomic mass is 9.91. The highest BCUT2D eigenvalue weighted by Gasteiger charge is 2.32. The molecule has 1 aliphatic rings. The minimum atomic E-state index is -0.0860. The van der Waals surface area contributed by atoms with Crippen LogP contribution in [0.2, 0.25) is 10.0 Å². The van der Waals surface area contributed by atoms with Crippen LogP contribution in [0.1, 0.15) is 19.4 Å². The SMILES string of the molecule is CC1(C)CN(CCc2c(Cl)cccc2Cl)c2nc(-c3ccncn3)cc(=O)n2C1. The Labute approximate surface area is 179 Å². The largest absolute Gasteiger partial charge is 0.341 e. The van der Waals surface area contributed by atoms with Gasteiger partial charge in [-0.15, -0.1) is 0 Å². The van der Waals surface area contributed by atoms with Crippen molar-refractivity contribution < 1.29 is 0 Å². The van der Waals surface area contributed by atoms with Gasteiger partial charge in [-0.3, -0.25) is 9.36 Å². The molecule has 3 heterocycles. The van der Waals surface area contributed by atoms with Crippen molar-refractivity contribution in [2.75, 3.05) is 18.0 Å². The molecule has 0 saturated heterocycles. The molecule has 0 bridgehead atoms. The lowest BCUT2D eigenvalue weighted by molar-refractivity contribution is 0.274. The summed E-state index contributed by atoms with van der Waals surface area (Å²) in [5.74, 6) is 0.647. The molecule has 0 saturated carbocycles. The van der Waals surface area contributed by atoms with Crippen LogP contribution < -0.4 is 10.5 Å². The number of nitrogens with zero attached hydrogens (tertiary/aromatic N) is 5. The van der Waals surface area contributed by atoms with Crippen molar-refractivity contribution in [1.82, 2.24) is 19.5 Å². The van der Waals surface area contributed by atoms with Crippen molar-refractivity contribution in [1.29, 1.82) is 0 Å². The predicted molar refractivity (Wildman–Crippen MR) is 116 cm³/mol. The van der Waals surface area contributed by atoms with Gasteiger partial charge in [-0.1, -0.05) is 43.1 Å². The molecule has 0 atom stereocenters. The van der Waals surface area contributed by atoms with Crippen LogP contribution in [0.15, 0.2) is 47.7 Å². The van der Waals surface area contributed by atoms with Crippen molar-refractivity contribution in [3.8, 4) is 11.4 Å². The van der Waals surface area contributed by atoms with Gasteiger partial charge < -0.3 is 4.90 Å². The number of fused-ring (bicyclic) bond motifs is 1.